The number of rotatable bonds is 6. The summed E-state index contributed by atoms with van der Waals surface area (Å²) in [5.41, 5.74) is 2.20. The Morgan fingerprint density at radius 1 is 1.67 bits per heavy atom. The van der Waals surface area contributed by atoms with E-state index in [0.717, 1.165) is 11.3 Å². The van der Waals surface area contributed by atoms with Gasteiger partial charge in [-0.1, -0.05) is 11.3 Å². The topological polar surface area (TPSA) is 120 Å². The summed E-state index contributed by atoms with van der Waals surface area (Å²) in [6, 6.07) is 2.88. The van der Waals surface area contributed by atoms with Gasteiger partial charge in [-0.2, -0.15) is 5.10 Å². The van der Waals surface area contributed by atoms with Crippen LogP contribution in [0.2, 0.25) is 0 Å². The van der Waals surface area contributed by atoms with Gasteiger partial charge in [0.2, 0.25) is 0 Å². The Hall–Kier alpha value is -2.75. The van der Waals surface area contributed by atoms with Crippen molar-refractivity contribution < 1.29 is 18.9 Å². The number of hydrogen-bond donors (Lipinski definition) is 1. The molecular formula is C11H10N4O5S. The maximum absolute atomic E-state index is 11.6. The molecule has 0 bridgehead atoms. The second-order valence-electron chi connectivity index (χ2n) is 3.55. The molecular weight excluding hydrogens is 300 g/mol. The number of carbonyl (C=O) groups is 1. The molecule has 10 heteroatoms. The molecule has 0 radical (unpaired) electrons. The Labute approximate surface area is 122 Å². The summed E-state index contributed by atoms with van der Waals surface area (Å²) in [4.78, 5) is 25.9. The standard InChI is InChI=1S/C11H10N4O5S/c1-2-19-9-6-12-11(20-9)10(16)14-13-5-7-3-4-8(21-7)15(17)18/h3-6H,2H2,1H3,(H,14,16)/b13-5+. The van der Waals surface area contributed by atoms with Crippen LogP contribution in [0.1, 0.15) is 22.5 Å². The molecule has 0 aliphatic heterocycles. The third-order valence-corrected chi connectivity index (χ3v) is 3.09. The van der Waals surface area contributed by atoms with E-state index in [1.807, 2.05) is 0 Å². The fourth-order valence-corrected chi connectivity index (χ4v) is 1.98. The Balaban J connectivity index is 1.92. The van der Waals surface area contributed by atoms with Crippen molar-refractivity contribution in [2.45, 2.75) is 6.92 Å². The number of nitrogens with one attached hydrogen (secondary N) is 1. The lowest BCUT2D eigenvalue weighted by Gasteiger charge is -1.95. The SMILES string of the molecule is CCOc1cnc(C(=O)N/N=C/c2ccc([N+](=O)[O-])s2)o1. The van der Waals surface area contributed by atoms with Gasteiger partial charge in [0.15, 0.2) is 0 Å². The van der Waals surface area contributed by atoms with Crippen LogP contribution in [0.5, 0.6) is 5.95 Å². The van der Waals surface area contributed by atoms with Crippen LogP contribution in [0.4, 0.5) is 5.00 Å². The minimum atomic E-state index is -0.650. The Morgan fingerprint density at radius 2 is 2.48 bits per heavy atom. The van der Waals surface area contributed by atoms with Gasteiger partial charge < -0.3 is 9.15 Å². The molecule has 1 N–H and O–H groups in total. The van der Waals surface area contributed by atoms with Crippen molar-refractivity contribution in [1.82, 2.24) is 10.4 Å². The summed E-state index contributed by atoms with van der Waals surface area (Å²) in [6.07, 6.45) is 2.58. The number of ether oxygens (including phenoxy) is 1. The van der Waals surface area contributed by atoms with E-state index in [9.17, 15) is 14.9 Å². The molecule has 2 heterocycles. The number of hydrogen-bond acceptors (Lipinski definition) is 8. The van der Waals surface area contributed by atoms with Gasteiger partial charge in [0, 0.05) is 6.07 Å². The first kappa shape index (κ1) is 14.7. The monoisotopic (exact) mass is 310 g/mol. The highest BCUT2D eigenvalue weighted by atomic mass is 32.1. The molecule has 2 aromatic rings. The number of amides is 1. The third-order valence-electron chi connectivity index (χ3n) is 2.12. The highest BCUT2D eigenvalue weighted by Gasteiger charge is 2.13. The normalized spacial score (nSPS) is 10.7. The van der Waals surface area contributed by atoms with E-state index in [-0.39, 0.29) is 16.8 Å². The molecule has 0 aromatic carbocycles. The molecule has 0 saturated carbocycles. The van der Waals surface area contributed by atoms with E-state index in [2.05, 4.69) is 15.5 Å². The van der Waals surface area contributed by atoms with Crippen molar-refractivity contribution in [3.05, 3.63) is 39.2 Å². The van der Waals surface area contributed by atoms with Gasteiger partial charge in [-0.05, 0) is 13.0 Å². The minimum absolute atomic E-state index is 0.00293. The summed E-state index contributed by atoms with van der Waals surface area (Å²) in [5, 5.41) is 14.2. The maximum Gasteiger partial charge on any atom is 0.327 e. The van der Waals surface area contributed by atoms with Gasteiger partial charge in [-0.3, -0.25) is 14.9 Å². The lowest BCUT2D eigenvalue weighted by atomic mass is 10.5. The summed E-state index contributed by atoms with van der Waals surface area (Å²) >= 11 is 0.940. The molecule has 2 aromatic heterocycles. The predicted octanol–water partition coefficient (Wildman–Crippen LogP) is 1.81. The number of oxazole rings is 1. The van der Waals surface area contributed by atoms with Crippen LogP contribution in [0.15, 0.2) is 27.8 Å². The maximum atomic E-state index is 11.6. The summed E-state index contributed by atoms with van der Waals surface area (Å²) in [7, 11) is 0. The Kier molecular flexibility index (Phi) is 4.61. The second kappa shape index (κ2) is 6.61. The molecule has 0 saturated heterocycles. The van der Waals surface area contributed by atoms with Gasteiger partial charge in [0.25, 0.3) is 5.89 Å². The van der Waals surface area contributed by atoms with Crippen LogP contribution in [0.25, 0.3) is 0 Å². The lowest BCUT2D eigenvalue weighted by molar-refractivity contribution is -0.380. The number of carbonyl (C=O) groups excluding carboxylic acids is 1. The van der Waals surface area contributed by atoms with E-state index in [1.165, 1.54) is 24.5 Å². The highest BCUT2D eigenvalue weighted by Crippen LogP contribution is 2.22. The molecule has 9 nitrogen and oxygen atoms in total. The first-order chi connectivity index (χ1) is 10.1. The van der Waals surface area contributed by atoms with Crippen molar-refractivity contribution in [2.75, 3.05) is 6.61 Å². The fraction of sp³-hybridized carbons (Fsp3) is 0.182. The zero-order valence-corrected chi connectivity index (χ0v) is 11.6. The molecule has 0 unspecified atom stereocenters. The van der Waals surface area contributed by atoms with E-state index >= 15 is 0 Å². The van der Waals surface area contributed by atoms with E-state index in [4.69, 9.17) is 9.15 Å². The van der Waals surface area contributed by atoms with Crippen LogP contribution in [0, 0.1) is 10.1 Å². The highest BCUT2D eigenvalue weighted by molar-refractivity contribution is 7.16. The van der Waals surface area contributed by atoms with E-state index in [0.29, 0.717) is 11.5 Å². The average molecular weight is 310 g/mol. The van der Waals surface area contributed by atoms with Crippen LogP contribution in [-0.2, 0) is 0 Å². The summed E-state index contributed by atoms with van der Waals surface area (Å²) < 4.78 is 10.0. The smallest absolute Gasteiger partial charge is 0.327 e. The fourth-order valence-electron chi connectivity index (χ4n) is 1.29. The van der Waals surface area contributed by atoms with Crippen molar-refractivity contribution >= 4 is 28.5 Å². The largest absolute Gasteiger partial charge is 0.464 e. The number of hydrazone groups is 1. The number of nitrogens with zero attached hydrogens (tertiary/aromatic N) is 3. The van der Waals surface area contributed by atoms with Crippen LogP contribution in [0.3, 0.4) is 0 Å². The minimum Gasteiger partial charge on any atom is -0.464 e. The van der Waals surface area contributed by atoms with Crippen molar-refractivity contribution in [2.24, 2.45) is 5.10 Å². The zero-order valence-electron chi connectivity index (χ0n) is 10.8. The molecule has 0 aliphatic carbocycles. The van der Waals surface area contributed by atoms with E-state index < -0.39 is 10.8 Å². The Morgan fingerprint density at radius 3 is 3.14 bits per heavy atom. The quantitative estimate of drug-likeness (QED) is 0.493. The molecule has 21 heavy (non-hydrogen) atoms. The molecule has 0 fully saturated rings. The molecule has 0 aliphatic rings. The number of thiophene rings is 1. The number of aromatic nitrogens is 1. The van der Waals surface area contributed by atoms with Gasteiger partial charge >= 0.3 is 16.9 Å². The van der Waals surface area contributed by atoms with Crippen molar-refractivity contribution in [3.63, 3.8) is 0 Å². The van der Waals surface area contributed by atoms with Gasteiger partial charge in [0.05, 0.1) is 22.6 Å². The first-order valence-corrected chi connectivity index (χ1v) is 6.58. The lowest BCUT2D eigenvalue weighted by Crippen LogP contribution is -2.17. The van der Waals surface area contributed by atoms with Gasteiger partial charge in [0.1, 0.15) is 6.20 Å². The molecule has 1 amide bonds. The van der Waals surface area contributed by atoms with Gasteiger partial charge in [-0.15, -0.1) is 0 Å². The summed E-state index contributed by atoms with van der Waals surface area (Å²) in [6.45, 7) is 2.17. The summed E-state index contributed by atoms with van der Waals surface area (Å²) in [5.74, 6) is -0.698. The zero-order chi connectivity index (χ0) is 15.2. The number of nitro groups is 1. The van der Waals surface area contributed by atoms with Crippen molar-refractivity contribution in [3.8, 4) is 5.95 Å². The van der Waals surface area contributed by atoms with Crippen LogP contribution in [-0.4, -0.2) is 28.6 Å². The molecule has 2 rings (SSSR count). The van der Waals surface area contributed by atoms with E-state index in [1.54, 1.807) is 6.92 Å². The molecule has 0 atom stereocenters. The average Bonchev–Trinajstić information content (AvgIpc) is 3.08. The van der Waals surface area contributed by atoms with Gasteiger partial charge in [-0.25, -0.2) is 10.4 Å². The Bertz CT molecular complexity index is 678. The first-order valence-electron chi connectivity index (χ1n) is 5.76. The molecule has 0 spiro atoms. The van der Waals surface area contributed by atoms with Crippen LogP contribution >= 0.6 is 11.3 Å². The molecule has 110 valence electrons. The van der Waals surface area contributed by atoms with Crippen LogP contribution < -0.4 is 10.2 Å². The predicted molar refractivity (Wildman–Crippen MR) is 73.7 cm³/mol. The second-order valence-corrected chi connectivity index (χ2v) is 4.64. The van der Waals surface area contributed by atoms with Crippen molar-refractivity contribution in [1.29, 1.82) is 0 Å². The third kappa shape index (κ3) is 3.86.